The predicted molar refractivity (Wildman–Crippen MR) is 77.6 cm³/mol. The molecule has 1 N–H and O–H groups in total. The largest absolute Gasteiger partial charge is 0.357 e. The van der Waals surface area contributed by atoms with Gasteiger partial charge in [-0.2, -0.15) is 0 Å². The molecule has 0 saturated carbocycles. The maximum atomic E-state index is 4.36. The fraction of sp³-hybridized carbons (Fsp3) is 0.333. The van der Waals surface area contributed by atoms with E-state index in [1.165, 1.54) is 23.1 Å². The molecule has 0 aliphatic carbocycles. The standard InChI is InChI=1S/C9H11BrN6S2/c1-11-7-12-4-5(10)6(13-7)17-9-15-14-8(18-9)16(2)3/h4H,1-3H3,(H,11,12,13). The molecule has 0 unspecified atom stereocenters. The molecule has 2 heterocycles. The van der Waals surface area contributed by atoms with Crippen LogP contribution in [-0.2, 0) is 0 Å². The minimum atomic E-state index is 0.582. The number of nitrogens with zero attached hydrogens (tertiary/aromatic N) is 5. The summed E-state index contributed by atoms with van der Waals surface area (Å²) in [5, 5.41) is 12.8. The minimum absolute atomic E-state index is 0.582. The van der Waals surface area contributed by atoms with E-state index in [-0.39, 0.29) is 0 Å². The Morgan fingerprint density at radius 1 is 1.39 bits per heavy atom. The third-order valence-corrected chi connectivity index (χ3v) is 4.89. The molecule has 0 amide bonds. The van der Waals surface area contributed by atoms with Crippen LogP contribution in [-0.4, -0.2) is 41.3 Å². The van der Waals surface area contributed by atoms with E-state index in [1.54, 1.807) is 13.2 Å². The van der Waals surface area contributed by atoms with E-state index in [4.69, 9.17) is 0 Å². The van der Waals surface area contributed by atoms with Crippen molar-refractivity contribution < 1.29 is 0 Å². The van der Waals surface area contributed by atoms with E-state index in [0.717, 1.165) is 19.0 Å². The van der Waals surface area contributed by atoms with Crippen LogP contribution < -0.4 is 10.2 Å². The fourth-order valence-corrected chi connectivity index (χ4v) is 3.14. The van der Waals surface area contributed by atoms with E-state index in [0.29, 0.717) is 5.95 Å². The lowest BCUT2D eigenvalue weighted by Crippen LogP contribution is -2.07. The molecule has 0 bridgehead atoms. The van der Waals surface area contributed by atoms with Gasteiger partial charge in [-0.05, 0) is 27.7 Å². The van der Waals surface area contributed by atoms with E-state index in [1.807, 2.05) is 19.0 Å². The van der Waals surface area contributed by atoms with Crippen LogP contribution >= 0.6 is 39.0 Å². The van der Waals surface area contributed by atoms with Crippen molar-refractivity contribution in [1.82, 2.24) is 20.2 Å². The van der Waals surface area contributed by atoms with Gasteiger partial charge in [0.15, 0.2) is 4.34 Å². The van der Waals surface area contributed by atoms with Gasteiger partial charge >= 0.3 is 0 Å². The van der Waals surface area contributed by atoms with Gasteiger partial charge in [-0.25, -0.2) is 9.97 Å². The van der Waals surface area contributed by atoms with Gasteiger partial charge in [-0.15, -0.1) is 10.2 Å². The van der Waals surface area contributed by atoms with Crippen LogP contribution in [0.5, 0.6) is 0 Å². The highest BCUT2D eigenvalue weighted by atomic mass is 79.9. The summed E-state index contributed by atoms with van der Waals surface area (Å²) in [6.07, 6.45) is 1.72. The molecular weight excluding hydrogens is 336 g/mol. The zero-order valence-corrected chi connectivity index (χ0v) is 13.2. The highest BCUT2D eigenvalue weighted by Crippen LogP contribution is 2.35. The van der Waals surface area contributed by atoms with Gasteiger partial charge in [0.05, 0.1) is 4.47 Å². The summed E-state index contributed by atoms with van der Waals surface area (Å²) in [6.45, 7) is 0. The van der Waals surface area contributed by atoms with Gasteiger partial charge in [-0.3, -0.25) is 0 Å². The molecule has 2 rings (SSSR count). The first-order valence-corrected chi connectivity index (χ1v) is 7.41. The molecular formula is C9H11BrN6S2. The maximum Gasteiger partial charge on any atom is 0.223 e. The zero-order chi connectivity index (χ0) is 13.1. The smallest absolute Gasteiger partial charge is 0.223 e. The van der Waals surface area contributed by atoms with Crippen molar-refractivity contribution in [3.8, 4) is 0 Å². The molecule has 18 heavy (non-hydrogen) atoms. The van der Waals surface area contributed by atoms with Crippen molar-refractivity contribution in [2.75, 3.05) is 31.4 Å². The quantitative estimate of drug-likeness (QED) is 0.852. The van der Waals surface area contributed by atoms with Crippen molar-refractivity contribution in [3.63, 3.8) is 0 Å². The molecule has 0 atom stereocenters. The lowest BCUT2D eigenvalue weighted by atomic mass is 10.7. The molecule has 0 spiro atoms. The first-order chi connectivity index (χ1) is 8.60. The Hall–Kier alpha value is -0.930. The Bertz CT molecular complexity index is 544. The van der Waals surface area contributed by atoms with Gasteiger partial charge < -0.3 is 10.2 Å². The summed E-state index contributed by atoms with van der Waals surface area (Å²) in [5.74, 6) is 0.582. The summed E-state index contributed by atoms with van der Waals surface area (Å²) in [6, 6.07) is 0. The summed E-state index contributed by atoms with van der Waals surface area (Å²) in [7, 11) is 5.66. The molecule has 0 aliphatic heterocycles. The second kappa shape index (κ2) is 5.81. The van der Waals surface area contributed by atoms with E-state index in [9.17, 15) is 0 Å². The van der Waals surface area contributed by atoms with Gasteiger partial charge in [0.2, 0.25) is 11.1 Å². The second-order valence-corrected chi connectivity index (χ2v) is 6.49. The van der Waals surface area contributed by atoms with E-state index < -0.39 is 0 Å². The molecule has 96 valence electrons. The average molecular weight is 347 g/mol. The first-order valence-electron chi connectivity index (χ1n) is 4.99. The monoisotopic (exact) mass is 346 g/mol. The van der Waals surface area contributed by atoms with Crippen LogP contribution in [0.4, 0.5) is 11.1 Å². The predicted octanol–water partition coefficient (Wildman–Crippen LogP) is 2.35. The van der Waals surface area contributed by atoms with Crippen LogP contribution in [0.1, 0.15) is 0 Å². The Morgan fingerprint density at radius 3 is 2.78 bits per heavy atom. The van der Waals surface area contributed by atoms with Gasteiger partial charge in [0, 0.05) is 27.3 Å². The first kappa shape index (κ1) is 13.5. The molecule has 0 radical (unpaired) electrons. The fourth-order valence-electron chi connectivity index (χ4n) is 1.05. The number of halogens is 1. The Morgan fingerprint density at radius 2 is 2.17 bits per heavy atom. The van der Waals surface area contributed by atoms with Crippen LogP contribution in [0.25, 0.3) is 0 Å². The van der Waals surface area contributed by atoms with Crippen molar-refractivity contribution in [2.45, 2.75) is 9.37 Å². The third-order valence-electron chi connectivity index (χ3n) is 1.90. The molecule has 2 aromatic heterocycles. The minimum Gasteiger partial charge on any atom is -0.357 e. The van der Waals surface area contributed by atoms with Crippen LogP contribution in [0.2, 0.25) is 0 Å². The summed E-state index contributed by atoms with van der Waals surface area (Å²) in [5.41, 5.74) is 0. The van der Waals surface area contributed by atoms with Crippen LogP contribution in [0.15, 0.2) is 20.0 Å². The van der Waals surface area contributed by atoms with Gasteiger partial charge in [-0.1, -0.05) is 11.3 Å². The molecule has 6 nitrogen and oxygen atoms in total. The van der Waals surface area contributed by atoms with E-state index >= 15 is 0 Å². The van der Waals surface area contributed by atoms with Gasteiger partial charge in [0.25, 0.3) is 0 Å². The van der Waals surface area contributed by atoms with Crippen LogP contribution in [0.3, 0.4) is 0 Å². The molecule has 0 aromatic carbocycles. The summed E-state index contributed by atoms with van der Waals surface area (Å²) in [4.78, 5) is 10.4. The summed E-state index contributed by atoms with van der Waals surface area (Å²) < 4.78 is 1.69. The average Bonchev–Trinajstić information content (AvgIpc) is 2.81. The van der Waals surface area contributed by atoms with Crippen LogP contribution in [0, 0.1) is 0 Å². The molecule has 0 saturated heterocycles. The third kappa shape index (κ3) is 3.09. The Kier molecular flexibility index (Phi) is 4.36. The summed E-state index contributed by atoms with van der Waals surface area (Å²) >= 11 is 6.41. The van der Waals surface area contributed by atoms with Crippen molar-refractivity contribution in [3.05, 3.63) is 10.7 Å². The molecule has 9 heteroatoms. The number of aromatic nitrogens is 4. The normalized spacial score (nSPS) is 10.4. The zero-order valence-electron chi connectivity index (χ0n) is 10.0. The van der Waals surface area contributed by atoms with Gasteiger partial charge in [0.1, 0.15) is 5.03 Å². The Labute approximate surface area is 121 Å². The number of nitrogens with one attached hydrogen (secondary N) is 1. The lowest BCUT2D eigenvalue weighted by molar-refractivity contribution is 0.966. The topological polar surface area (TPSA) is 66.8 Å². The van der Waals surface area contributed by atoms with Crippen molar-refractivity contribution in [1.29, 1.82) is 0 Å². The Balaban J connectivity index is 2.22. The highest BCUT2D eigenvalue weighted by Gasteiger charge is 2.11. The van der Waals surface area contributed by atoms with E-state index in [2.05, 4.69) is 41.4 Å². The number of hydrogen-bond acceptors (Lipinski definition) is 8. The number of hydrogen-bond donors (Lipinski definition) is 1. The lowest BCUT2D eigenvalue weighted by Gasteiger charge is -2.04. The molecule has 0 aliphatic rings. The maximum absolute atomic E-state index is 4.36. The number of rotatable bonds is 4. The highest BCUT2D eigenvalue weighted by molar-refractivity contribution is 9.10. The van der Waals surface area contributed by atoms with Crippen molar-refractivity contribution >= 4 is 50.1 Å². The SMILES string of the molecule is CNc1ncc(Br)c(Sc2nnc(N(C)C)s2)n1. The molecule has 0 fully saturated rings. The number of anilines is 2. The second-order valence-electron chi connectivity index (χ2n) is 3.44. The molecule has 2 aromatic rings. The van der Waals surface area contributed by atoms with Crippen molar-refractivity contribution in [2.24, 2.45) is 0 Å².